The normalized spacial score (nSPS) is 26.5. The SMILES string of the molecule is CC(C)=CCCC1(C)C=Cc2c(O)c3c(c(CC=C(C)C)c2O1)OC12C(=CC4CC1C(C)(C)OC2(C/C=C(/C)C(=O)NCc1c(F)c(F)c(N=[N+]=[N-])c(F)c1F)C4=O)C3=O. The molecule has 2 N–H and O–H groups in total. The Bertz CT molecular complexity index is 2460. The molecule has 0 aromatic heterocycles. The number of ketones is 2. The zero-order valence-corrected chi connectivity index (χ0v) is 34.6. The van der Waals surface area contributed by atoms with Crippen LogP contribution in [0.1, 0.15) is 108 Å². The Kier molecular flexibility index (Phi) is 10.5. The summed E-state index contributed by atoms with van der Waals surface area (Å²) in [6.07, 6.45) is 12.3. The number of amides is 1. The predicted molar refractivity (Wildman–Crippen MR) is 214 cm³/mol. The average Bonchev–Trinajstić information content (AvgIpc) is 3.34. The maximum Gasteiger partial charge on any atom is 0.246 e. The van der Waals surface area contributed by atoms with Gasteiger partial charge in [-0.1, -0.05) is 40.6 Å². The van der Waals surface area contributed by atoms with E-state index < -0.39 is 87.0 Å². The number of ether oxygens (including phenoxy) is 3. The lowest BCUT2D eigenvalue weighted by molar-refractivity contribution is -0.171. The number of azide groups is 1. The Morgan fingerprint density at radius 3 is 2.27 bits per heavy atom. The smallest absolute Gasteiger partial charge is 0.246 e. The summed E-state index contributed by atoms with van der Waals surface area (Å²) >= 11 is 0. The minimum absolute atomic E-state index is 0.0519. The molecule has 8 rings (SSSR count). The summed E-state index contributed by atoms with van der Waals surface area (Å²) in [5, 5.41) is 16.8. The zero-order chi connectivity index (χ0) is 43.9. The van der Waals surface area contributed by atoms with Crippen LogP contribution in [0.3, 0.4) is 0 Å². The van der Waals surface area contributed by atoms with Crippen molar-refractivity contribution in [2.75, 3.05) is 0 Å². The summed E-state index contributed by atoms with van der Waals surface area (Å²) < 4.78 is 79.1. The number of rotatable bonds is 11. The molecule has 5 unspecified atom stereocenters. The fourth-order valence-corrected chi connectivity index (χ4v) is 9.44. The van der Waals surface area contributed by atoms with E-state index in [4.69, 9.17) is 19.7 Å². The van der Waals surface area contributed by atoms with Crippen LogP contribution in [0.25, 0.3) is 16.5 Å². The second-order valence-electron chi connectivity index (χ2n) is 17.4. The third kappa shape index (κ3) is 6.35. The Hall–Kier alpha value is -5.66. The number of fused-ring (bicyclic) bond motifs is 2. The maximum absolute atomic E-state index is 15.0. The van der Waals surface area contributed by atoms with E-state index in [9.17, 15) is 37.1 Å². The van der Waals surface area contributed by atoms with Gasteiger partial charge in [-0.25, -0.2) is 17.6 Å². The molecule has 316 valence electrons. The van der Waals surface area contributed by atoms with Gasteiger partial charge in [0.2, 0.25) is 5.91 Å². The van der Waals surface area contributed by atoms with Gasteiger partial charge in [0.05, 0.1) is 11.2 Å². The Morgan fingerprint density at radius 2 is 1.63 bits per heavy atom. The molecule has 2 fully saturated rings. The summed E-state index contributed by atoms with van der Waals surface area (Å²) in [5.41, 5.74) is 3.55. The van der Waals surface area contributed by atoms with Crippen LogP contribution in [-0.4, -0.2) is 45.0 Å². The fraction of sp³-hybridized carbons (Fsp3) is 0.444. The zero-order valence-electron chi connectivity index (χ0n) is 34.6. The second kappa shape index (κ2) is 14.8. The van der Waals surface area contributed by atoms with Crippen molar-refractivity contribution in [1.29, 1.82) is 0 Å². The summed E-state index contributed by atoms with van der Waals surface area (Å²) in [5.74, 6) is -10.5. The Labute approximate surface area is 344 Å². The van der Waals surface area contributed by atoms with Crippen LogP contribution in [0.5, 0.6) is 17.2 Å². The van der Waals surface area contributed by atoms with Crippen LogP contribution in [0.2, 0.25) is 0 Å². The van der Waals surface area contributed by atoms with Crippen LogP contribution >= 0.6 is 0 Å². The van der Waals surface area contributed by atoms with E-state index in [0.29, 0.717) is 29.7 Å². The number of nitrogens with one attached hydrogen (secondary N) is 1. The number of hydrogen-bond donors (Lipinski definition) is 2. The first kappa shape index (κ1) is 42.5. The molecule has 1 saturated carbocycles. The van der Waals surface area contributed by atoms with Gasteiger partial charge in [-0.2, -0.15) is 0 Å². The molecule has 60 heavy (non-hydrogen) atoms. The molecule has 0 radical (unpaired) electrons. The number of allylic oxidation sites excluding steroid dienone is 5. The van der Waals surface area contributed by atoms with Crippen molar-refractivity contribution < 1.29 is 51.3 Å². The first-order valence-electron chi connectivity index (χ1n) is 19.8. The number of benzene rings is 2. The number of aromatic hydroxyl groups is 1. The van der Waals surface area contributed by atoms with Gasteiger partial charge in [-0.3, -0.25) is 14.4 Å². The molecular weight excluding hydrogens is 785 g/mol. The monoisotopic (exact) mass is 830 g/mol. The molecule has 15 heteroatoms. The minimum atomic E-state index is -1.93. The van der Waals surface area contributed by atoms with E-state index in [1.54, 1.807) is 26.0 Å². The van der Waals surface area contributed by atoms with Crippen LogP contribution in [0.15, 0.2) is 57.8 Å². The van der Waals surface area contributed by atoms with Crippen LogP contribution in [0.4, 0.5) is 23.2 Å². The molecule has 5 atom stereocenters. The van der Waals surface area contributed by atoms with Crippen molar-refractivity contribution >= 4 is 29.2 Å². The molecule has 3 heterocycles. The highest BCUT2D eigenvalue weighted by Gasteiger charge is 2.81. The molecule has 1 spiro atoms. The molecule has 3 aliphatic heterocycles. The van der Waals surface area contributed by atoms with E-state index >= 15 is 0 Å². The molecule has 11 nitrogen and oxygen atoms in total. The van der Waals surface area contributed by atoms with Crippen molar-refractivity contribution in [3.05, 3.63) is 109 Å². The van der Waals surface area contributed by atoms with Gasteiger partial charge in [-0.05, 0) is 98.8 Å². The number of hydrogen-bond acceptors (Lipinski definition) is 8. The number of phenolic OH excluding ortho intramolecular Hbond substituents is 1. The van der Waals surface area contributed by atoms with E-state index in [-0.39, 0.29) is 46.8 Å². The van der Waals surface area contributed by atoms with E-state index in [2.05, 4.69) is 21.4 Å². The highest BCUT2D eigenvalue weighted by Crippen LogP contribution is 2.68. The molecule has 2 aromatic carbocycles. The molecule has 1 saturated heterocycles. The molecule has 4 bridgehead atoms. The van der Waals surface area contributed by atoms with Gasteiger partial charge < -0.3 is 24.6 Å². The van der Waals surface area contributed by atoms with Crippen molar-refractivity contribution in [1.82, 2.24) is 5.32 Å². The predicted octanol–water partition coefficient (Wildman–Crippen LogP) is 9.97. The van der Waals surface area contributed by atoms with Gasteiger partial charge >= 0.3 is 0 Å². The molecular formula is C45H46F4N4O7. The highest BCUT2D eigenvalue weighted by atomic mass is 19.2. The largest absolute Gasteiger partial charge is 0.506 e. The van der Waals surface area contributed by atoms with Crippen LogP contribution < -0.4 is 14.8 Å². The minimum Gasteiger partial charge on any atom is -0.506 e. The van der Waals surface area contributed by atoms with E-state index in [1.165, 1.54) is 13.0 Å². The second-order valence-corrected chi connectivity index (χ2v) is 17.4. The standard InChI is InChI=1S/C45H46F4N4O7/c1-21(2)10-9-15-43(8)16-14-25-36(54)30-37(55)28-18-24-19-29-42(6,7)60-44(40(24)56,45(28,29)59-39(30)26(38(25)58-43)12-11-22(3)4)17-13-23(5)41(57)51-20-27-31(46)33(48)35(52-53-50)34(49)32(27)47/h10-11,13-14,16,18,24,29,54H,9,12,15,17,19-20H2,1-8H3,(H,51,57)/b23-13-. The van der Waals surface area contributed by atoms with Gasteiger partial charge in [-0.15, -0.1) is 0 Å². The third-order valence-electron chi connectivity index (χ3n) is 12.4. The lowest BCUT2D eigenvalue weighted by atomic mass is 9.51. The number of halogens is 4. The van der Waals surface area contributed by atoms with Crippen LogP contribution in [0, 0.1) is 35.1 Å². The molecule has 3 aliphatic carbocycles. The number of carbonyl (C=O) groups excluding carboxylic acids is 3. The average molecular weight is 831 g/mol. The molecule has 2 aromatic rings. The van der Waals surface area contributed by atoms with E-state index in [0.717, 1.165) is 17.6 Å². The first-order chi connectivity index (χ1) is 28.1. The number of nitrogens with zero attached hydrogens (tertiary/aromatic N) is 3. The highest BCUT2D eigenvalue weighted by molar-refractivity contribution is 6.19. The lowest BCUT2D eigenvalue weighted by Gasteiger charge is -2.56. The number of phenols is 1. The quantitative estimate of drug-likeness (QED) is 0.0434. The van der Waals surface area contributed by atoms with Crippen molar-refractivity contribution in [3.63, 3.8) is 0 Å². The molecule has 1 amide bonds. The topological polar surface area (TPSA) is 160 Å². The Balaban J connectivity index is 1.30. The van der Waals surface area contributed by atoms with E-state index in [1.807, 2.05) is 46.8 Å². The van der Waals surface area contributed by atoms with Crippen LogP contribution in [-0.2, 0) is 27.3 Å². The van der Waals surface area contributed by atoms with Crippen molar-refractivity contribution in [3.8, 4) is 17.2 Å². The van der Waals surface area contributed by atoms with Crippen molar-refractivity contribution in [2.24, 2.45) is 17.0 Å². The summed E-state index contributed by atoms with van der Waals surface area (Å²) in [4.78, 5) is 45.2. The summed E-state index contributed by atoms with van der Waals surface area (Å²) in [7, 11) is 0. The third-order valence-corrected chi connectivity index (χ3v) is 12.4. The maximum atomic E-state index is 15.0. The van der Waals surface area contributed by atoms with Gasteiger partial charge in [0.1, 0.15) is 34.1 Å². The Morgan fingerprint density at radius 1 is 0.967 bits per heavy atom. The fourth-order valence-electron chi connectivity index (χ4n) is 9.44. The lowest BCUT2D eigenvalue weighted by Crippen LogP contribution is -2.72. The number of carbonyl (C=O) groups is 3. The number of Topliss-reactive ketones (excluding diaryl/α,β-unsaturated/α-hetero) is 2. The molecule has 6 aliphatic rings. The summed E-state index contributed by atoms with van der Waals surface area (Å²) in [6.45, 7) is 13.8. The van der Waals surface area contributed by atoms with Gasteiger partial charge in [0.15, 0.2) is 46.0 Å². The van der Waals surface area contributed by atoms with Gasteiger partial charge in [0.25, 0.3) is 0 Å². The van der Waals surface area contributed by atoms with Crippen molar-refractivity contribution in [2.45, 2.75) is 116 Å². The first-order valence-corrected chi connectivity index (χ1v) is 19.8. The van der Waals surface area contributed by atoms with Gasteiger partial charge in [0, 0.05) is 52.0 Å². The summed E-state index contributed by atoms with van der Waals surface area (Å²) in [6, 6.07) is 0.